The van der Waals surface area contributed by atoms with Crippen LogP contribution in [0.15, 0.2) is 18.2 Å². The third-order valence-corrected chi connectivity index (χ3v) is 2.28. The first kappa shape index (κ1) is 14.4. The van der Waals surface area contributed by atoms with E-state index in [1.165, 1.54) is 12.1 Å². The van der Waals surface area contributed by atoms with Gasteiger partial charge in [0.05, 0.1) is 24.1 Å². The van der Waals surface area contributed by atoms with Gasteiger partial charge in [-0.05, 0) is 25.2 Å². The number of hydrogen-bond acceptors (Lipinski definition) is 3. The fraction of sp³-hybridized carbons (Fsp3) is 0.273. The molecule has 18 heavy (non-hydrogen) atoms. The van der Waals surface area contributed by atoms with E-state index in [1.54, 1.807) is 13.1 Å². The summed E-state index contributed by atoms with van der Waals surface area (Å²) < 4.78 is 12.9. The van der Waals surface area contributed by atoms with Crippen molar-refractivity contribution < 1.29 is 9.18 Å². The fourth-order valence-electron chi connectivity index (χ4n) is 1.52. The molecule has 0 saturated heterocycles. The van der Waals surface area contributed by atoms with Gasteiger partial charge in [0.1, 0.15) is 11.6 Å². The van der Waals surface area contributed by atoms with Gasteiger partial charge in [-0.15, -0.1) is 12.4 Å². The zero-order valence-electron chi connectivity index (χ0n) is 9.79. The van der Waals surface area contributed by atoms with Gasteiger partial charge in [-0.1, -0.05) is 0 Å². The molecule has 1 aromatic carbocycles. The number of halogens is 2. The van der Waals surface area contributed by atoms with Gasteiger partial charge in [0.2, 0.25) is 5.91 Å². The standard InChI is InChI=1S/C11H13FN4O.ClH/c1-13-6-11(17)14-5-10-15-8-3-2-7(12)4-9(8)16-10;/h2-4,13H,5-6H2,1H3,(H,14,17)(H,15,16);1H. The molecule has 0 bridgehead atoms. The Kier molecular flexibility index (Phi) is 5.06. The zero-order valence-corrected chi connectivity index (χ0v) is 10.6. The number of hydrogen-bond donors (Lipinski definition) is 3. The molecular weight excluding hydrogens is 259 g/mol. The minimum absolute atomic E-state index is 0. The van der Waals surface area contributed by atoms with Gasteiger partial charge in [0, 0.05) is 0 Å². The number of nitrogens with zero attached hydrogens (tertiary/aromatic N) is 1. The van der Waals surface area contributed by atoms with Gasteiger partial charge in [0.15, 0.2) is 0 Å². The summed E-state index contributed by atoms with van der Waals surface area (Å²) in [4.78, 5) is 18.4. The van der Waals surface area contributed by atoms with Crippen LogP contribution in [0.4, 0.5) is 4.39 Å². The highest BCUT2D eigenvalue weighted by molar-refractivity contribution is 5.85. The highest BCUT2D eigenvalue weighted by atomic mass is 35.5. The van der Waals surface area contributed by atoms with Crippen LogP contribution in [0.25, 0.3) is 11.0 Å². The molecule has 0 fully saturated rings. The summed E-state index contributed by atoms with van der Waals surface area (Å²) in [5, 5.41) is 5.43. The Morgan fingerprint density at radius 3 is 3.00 bits per heavy atom. The van der Waals surface area contributed by atoms with Crippen LogP contribution in [0.3, 0.4) is 0 Å². The molecule has 2 aromatic rings. The molecule has 0 atom stereocenters. The minimum atomic E-state index is -0.313. The third-order valence-electron chi connectivity index (χ3n) is 2.28. The Balaban J connectivity index is 0.00000162. The second-order valence-corrected chi connectivity index (χ2v) is 3.65. The molecule has 0 aliphatic heterocycles. The first-order chi connectivity index (χ1) is 8.19. The smallest absolute Gasteiger partial charge is 0.234 e. The number of aromatic nitrogens is 2. The molecule has 0 aliphatic rings. The molecule has 1 amide bonds. The number of imidazole rings is 1. The summed E-state index contributed by atoms with van der Waals surface area (Å²) >= 11 is 0. The van der Waals surface area contributed by atoms with Crippen molar-refractivity contribution in [1.82, 2.24) is 20.6 Å². The van der Waals surface area contributed by atoms with E-state index in [-0.39, 0.29) is 30.7 Å². The van der Waals surface area contributed by atoms with Crippen LogP contribution in [0, 0.1) is 5.82 Å². The van der Waals surface area contributed by atoms with E-state index >= 15 is 0 Å². The lowest BCUT2D eigenvalue weighted by Gasteiger charge is -2.01. The van der Waals surface area contributed by atoms with E-state index in [4.69, 9.17) is 0 Å². The monoisotopic (exact) mass is 272 g/mol. The van der Waals surface area contributed by atoms with Gasteiger partial charge >= 0.3 is 0 Å². The average Bonchev–Trinajstić information content (AvgIpc) is 2.68. The molecule has 0 saturated carbocycles. The van der Waals surface area contributed by atoms with E-state index in [0.29, 0.717) is 23.4 Å². The van der Waals surface area contributed by atoms with Crippen LogP contribution < -0.4 is 10.6 Å². The van der Waals surface area contributed by atoms with E-state index in [9.17, 15) is 9.18 Å². The lowest BCUT2D eigenvalue weighted by molar-refractivity contribution is -0.120. The van der Waals surface area contributed by atoms with E-state index < -0.39 is 0 Å². The fourth-order valence-corrected chi connectivity index (χ4v) is 1.52. The number of likely N-dealkylation sites (N-methyl/N-ethyl adjacent to an activating group) is 1. The SMILES string of the molecule is CNCC(=O)NCc1nc2ccc(F)cc2[nH]1.Cl. The average molecular weight is 273 g/mol. The number of H-pyrrole nitrogens is 1. The van der Waals surface area contributed by atoms with E-state index in [1.807, 2.05) is 0 Å². The van der Waals surface area contributed by atoms with Crippen LogP contribution in [-0.4, -0.2) is 29.5 Å². The molecular formula is C11H14ClFN4O. The van der Waals surface area contributed by atoms with E-state index in [0.717, 1.165) is 0 Å². The number of amides is 1. The predicted octanol–water partition coefficient (Wildman–Crippen LogP) is 0.959. The van der Waals surface area contributed by atoms with Crippen LogP contribution in [-0.2, 0) is 11.3 Å². The van der Waals surface area contributed by atoms with Crippen molar-refractivity contribution in [2.45, 2.75) is 6.54 Å². The second kappa shape index (κ2) is 6.32. The Labute approximate surface area is 110 Å². The summed E-state index contributed by atoms with van der Waals surface area (Å²) in [7, 11) is 1.70. The molecule has 0 radical (unpaired) electrons. The Bertz CT molecular complexity index is 543. The number of rotatable bonds is 4. The van der Waals surface area contributed by atoms with Crippen molar-refractivity contribution >= 4 is 29.3 Å². The molecule has 0 spiro atoms. The molecule has 0 unspecified atom stereocenters. The number of benzene rings is 1. The van der Waals surface area contributed by atoms with Crippen molar-refractivity contribution in [3.63, 3.8) is 0 Å². The van der Waals surface area contributed by atoms with Gasteiger partial charge in [-0.25, -0.2) is 9.37 Å². The van der Waals surface area contributed by atoms with Crippen molar-refractivity contribution in [3.8, 4) is 0 Å². The second-order valence-electron chi connectivity index (χ2n) is 3.65. The third kappa shape index (κ3) is 3.41. The normalized spacial score (nSPS) is 10.1. The molecule has 1 aromatic heterocycles. The van der Waals surface area contributed by atoms with Crippen molar-refractivity contribution in [1.29, 1.82) is 0 Å². The number of carbonyl (C=O) groups excluding carboxylic acids is 1. The van der Waals surface area contributed by atoms with Crippen LogP contribution in [0.2, 0.25) is 0 Å². The van der Waals surface area contributed by atoms with Crippen LogP contribution in [0.1, 0.15) is 5.82 Å². The Hall–Kier alpha value is -1.66. The predicted molar refractivity (Wildman–Crippen MR) is 69.1 cm³/mol. The lowest BCUT2D eigenvalue weighted by Crippen LogP contribution is -2.31. The largest absolute Gasteiger partial charge is 0.348 e. The maximum Gasteiger partial charge on any atom is 0.234 e. The van der Waals surface area contributed by atoms with Gasteiger partial charge in [-0.2, -0.15) is 0 Å². The maximum absolute atomic E-state index is 12.9. The van der Waals surface area contributed by atoms with Crippen molar-refractivity contribution in [2.75, 3.05) is 13.6 Å². The minimum Gasteiger partial charge on any atom is -0.348 e. The summed E-state index contributed by atoms with van der Waals surface area (Å²) in [5.41, 5.74) is 1.31. The summed E-state index contributed by atoms with van der Waals surface area (Å²) in [6.45, 7) is 0.561. The number of fused-ring (bicyclic) bond motifs is 1. The number of nitrogens with one attached hydrogen (secondary N) is 3. The maximum atomic E-state index is 12.9. The molecule has 0 aliphatic carbocycles. The summed E-state index contributed by atoms with van der Waals surface area (Å²) in [6.07, 6.45) is 0. The Morgan fingerprint density at radius 1 is 1.50 bits per heavy atom. The number of aromatic amines is 1. The molecule has 5 nitrogen and oxygen atoms in total. The first-order valence-electron chi connectivity index (χ1n) is 5.24. The molecule has 2 rings (SSSR count). The van der Waals surface area contributed by atoms with E-state index in [2.05, 4.69) is 20.6 Å². The van der Waals surface area contributed by atoms with Gasteiger partial charge in [-0.3, -0.25) is 4.79 Å². The highest BCUT2D eigenvalue weighted by Gasteiger charge is 2.05. The highest BCUT2D eigenvalue weighted by Crippen LogP contribution is 2.12. The topological polar surface area (TPSA) is 69.8 Å². The summed E-state index contributed by atoms with van der Waals surface area (Å²) in [5.74, 6) is 0.182. The van der Waals surface area contributed by atoms with Crippen molar-refractivity contribution in [3.05, 3.63) is 29.8 Å². The van der Waals surface area contributed by atoms with Gasteiger partial charge < -0.3 is 15.6 Å². The van der Waals surface area contributed by atoms with Crippen molar-refractivity contribution in [2.24, 2.45) is 0 Å². The molecule has 98 valence electrons. The van der Waals surface area contributed by atoms with Crippen LogP contribution in [0.5, 0.6) is 0 Å². The number of carbonyl (C=O) groups is 1. The van der Waals surface area contributed by atoms with Gasteiger partial charge in [0.25, 0.3) is 0 Å². The molecule has 3 N–H and O–H groups in total. The first-order valence-corrected chi connectivity index (χ1v) is 5.24. The Morgan fingerprint density at radius 2 is 2.28 bits per heavy atom. The quantitative estimate of drug-likeness (QED) is 0.776. The zero-order chi connectivity index (χ0) is 12.3. The molecule has 1 heterocycles. The lowest BCUT2D eigenvalue weighted by atomic mass is 10.3. The summed E-state index contributed by atoms with van der Waals surface area (Å²) in [6, 6.07) is 4.33. The molecule has 7 heteroatoms. The van der Waals surface area contributed by atoms with Crippen LogP contribution >= 0.6 is 12.4 Å².